The predicted molar refractivity (Wildman–Crippen MR) is 363 cm³/mol. The number of aliphatic hydroxyl groups excluding tert-OH is 1. The van der Waals surface area contributed by atoms with Crippen LogP contribution < -0.4 is 0 Å². The van der Waals surface area contributed by atoms with Gasteiger partial charge in [0, 0.05) is 25.7 Å². The standard InChI is InChI=1S/C71H138O17P2/c1-61(2)47-39-31-23-17-14-12-10-9-11-13-15-19-27-35-43-51-68(73)81-57-67(88-71(76)54-46-38-30-22-26-34-42-50-64(7)8)60-86-90(79,80)84-56-65(72)55-83-89(77,78)85-59-66(58-82-69(74)52-44-36-29-21-25-33-41-49-63(5)6)87-70(75)53-45-37-28-20-16-18-24-32-40-48-62(3)4/h61-67,72H,9-60H2,1-8H3,(H,77,78)(H,79,80)/t65?,66-,67-/m1/s1. The van der Waals surface area contributed by atoms with E-state index in [9.17, 15) is 43.2 Å². The van der Waals surface area contributed by atoms with E-state index in [4.69, 9.17) is 37.0 Å². The smallest absolute Gasteiger partial charge is 0.462 e. The maximum atomic E-state index is 13.0. The third-order valence-corrected chi connectivity index (χ3v) is 18.2. The number of esters is 4. The van der Waals surface area contributed by atoms with E-state index in [-0.39, 0.29) is 25.7 Å². The van der Waals surface area contributed by atoms with Crippen LogP contribution in [0.2, 0.25) is 0 Å². The van der Waals surface area contributed by atoms with Crippen LogP contribution in [0.4, 0.5) is 0 Å². The minimum Gasteiger partial charge on any atom is -0.462 e. The fraction of sp³-hybridized carbons (Fsp3) is 0.944. The monoisotopic (exact) mass is 1320 g/mol. The van der Waals surface area contributed by atoms with E-state index < -0.39 is 97.5 Å². The van der Waals surface area contributed by atoms with Crippen molar-refractivity contribution in [3.05, 3.63) is 0 Å². The van der Waals surface area contributed by atoms with Crippen LogP contribution >= 0.6 is 15.6 Å². The zero-order valence-corrected chi connectivity index (χ0v) is 60.6. The molecule has 0 aromatic rings. The number of carbonyl (C=O) groups is 4. The number of ether oxygens (including phenoxy) is 4. The molecule has 0 spiro atoms. The maximum absolute atomic E-state index is 13.0. The lowest BCUT2D eigenvalue weighted by Crippen LogP contribution is -2.30. The topological polar surface area (TPSA) is 237 Å². The Morgan fingerprint density at radius 2 is 0.467 bits per heavy atom. The molecule has 0 rings (SSSR count). The largest absolute Gasteiger partial charge is 0.472 e. The van der Waals surface area contributed by atoms with E-state index in [1.54, 1.807) is 0 Å². The fourth-order valence-electron chi connectivity index (χ4n) is 10.7. The molecule has 0 aliphatic carbocycles. The second kappa shape index (κ2) is 60.7. The molecule has 0 aromatic heterocycles. The third-order valence-electron chi connectivity index (χ3n) is 16.3. The Morgan fingerprint density at radius 3 is 0.689 bits per heavy atom. The highest BCUT2D eigenvalue weighted by Gasteiger charge is 2.30. The van der Waals surface area contributed by atoms with Gasteiger partial charge in [0.1, 0.15) is 19.3 Å². The summed E-state index contributed by atoms with van der Waals surface area (Å²) < 4.78 is 68.3. The number of carbonyl (C=O) groups excluding carboxylic acids is 4. The molecular weight excluding hydrogens is 1190 g/mol. The lowest BCUT2D eigenvalue weighted by atomic mass is 10.0. The Morgan fingerprint density at radius 1 is 0.278 bits per heavy atom. The molecule has 3 N–H and O–H groups in total. The summed E-state index contributed by atoms with van der Waals surface area (Å²) in [5, 5.41) is 10.6. The minimum absolute atomic E-state index is 0.103. The van der Waals surface area contributed by atoms with Crippen LogP contribution in [-0.2, 0) is 65.4 Å². The van der Waals surface area contributed by atoms with Gasteiger partial charge in [0.05, 0.1) is 26.4 Å². The molecule has 534 valence electrons. The van der Waals surface area contributed by atoms with Crippen molar-refractivity contribution in [1.82, 2.24) is 0 Å². The Hall–Kier alpha value is -1.94. The van der Waals surface area contributed by atoms with Gasteiger partial charge in [0.15, 0.2) is 12.2 Å². The van der Waals surface area contributed by atoms with Crippen molar-refractivity contribution < 1.29 is 80.2 Å². The summed E-state index contributed by atoms with van der Waals surface area (Å²) in [6, 6.07) is 0. The number of unbranched alkanes of at least 4 members (excludes halogenated alkanes) is 34. The van der Waals surface area contributed by atoms with Gasteiger partial charge in [0.25, 0.3) is 0 Å². The SMILES string of the molecule is CC(C)CCCCCCCCCCCCCCCCCC(=O)OC[C@H](COP(=O)(O)OCC(O)COP(=O)(O)OC[C@@H](COC(=O)CCCCCCCCCC(C)C)OC(=O)CCCCCCCCCCCC(C)C)OC(=O)CCCCCCCCCC(C)C. The molecule has 17 nitrogen and oxygen atoms in total. The summed E-state index contributed by atoms with van der Waals surface area (Å²) in [6.07, 6.45) is 43.3. The highest BCUT2D eigenvalue weighted by molar-refractivity contribution is 7.47. The van der Waals surface area contributed by atoms with Crippen molar-refractivity contribution in [3.8, 4) is 0 Å². The van der Waals surface area contributed by atoms with Crippen LogP contribution in [-0.4, -0.2) is 96.7 Å². The van der Waals surface area contributed by atoms with E-state index in [2.05, 4.69) is 55.4 Å². The van der Waals surface area contributed by atoms with Crippen LogP contribution in [0.25, 0.3) is 0 Å². The highest BCUT2D eigenvalue weighted by atomic mass is 31.2. The van der Waals surface area contributed by atoms with Gasteiger partial charge in [-0.15, -0.1) is 0 Å². The lowest BCUT2D eigenvalue weighted by molar-refractivity contribution is -0.161. The molecule has 90 heavy (non-hydrogen) atoms. The first kappa shape index (κ1) is 88.1. The summed E-state index contributed by atoms with van der Waals surface area (Å²) >= 11 is 0. The predicted octanol–water partition coefficient (Wildman–Crippen LogP) is 20.1. The molecule has 0 saturated heterocycles. The van der Waals surface area contributed by atoms with Crippen molar-refractivity contribution in [2.45, 2.75) is 369 Å². The van der Waals surface area contributed by atoms with Gasteiger partial charge in [-0.25, -0.2) is 9.13 Å². The van der Waals surface area contributed by atoms with Crippen molar-refractivity contribution in [2.75, 3.05) is 39.6 Å². The molecule has 5 atom stereocenters. The number of hydrogen-bond donors (Lipinski definition) is 3. The average Bonchev–Trinajstić information content (AvgIpc) is 3.50. The Balaban J connectivity index is 5.19. The highest BCUT2D eigenvalue weighted by Crippen LogP contribution is 2.45. The van der Waals surface area contributed by atoms with E-state index in [0.29, 0.717) is 37.5 Å². The number of aliphatic hydroxyl groups is 1. The van der Waals surface area contributed by atoms with Gasteiger partial charge in [-0.2, -0.15) is 0 Å². The van der Waals surface area contributed by atoms with Crippen molar-refractivity contribution in [3.63, 3.8) is 0 Å². The molecular formula is C71H138O17P2. The Kier molecular flexibility index (Phi) is 59.4. The molecule has 0 amide bonds. The molecule has 0 radical (unpaired) electrons. The Labute approximate surface area is 549 Å². The number of phosphoric ester groups is 2. The molecule has 0 aliphatic rings. The van der Waals surface area contributed by atoms with E-state index in [1.807, 2.05) is 0 Å². The van der Waals surface area contributed by atoms with Crippen molar-refractivity contribution >= 4 is 39.5 Å². The molecule has 0 bridgehead atoms. The minimum atomic E-state index is -4.95. The first-order chi connectivity index (χ1) is 43.1. The maximum Gasteiger partial charge on any atom is 0.472 e. The van der Waals surface area contributed by atoms with Crippen molar-refractivity contribution in [2.24, 2.45) is 23.7 Å². The Bertz CT molecular complexity index is 1780. The lowest BCUT2D eigenvalue weighted by Gasteiger charge is -2.21. The van der Waals surface area contributed by atoms with Gasteiger partial charge >= 0.3 is 39.5 Å². The summed E-state index contributed by atoms with van der Waals surface area (Å²) in [7, 11) is -9.90. The molecule has 0 fully saturated rings. The number of rotatable bonds is 68. The first-order valence-electron chi connectivity index (χ1n) is 36.7. The fourth-order valence-corrected chi connectivity index (χ4v) is 12.2. The molecule has 3 unspecified atom stereocenters. The summed E-state index contributed by atoms with van der Waals surface area (Å²) in [5.74, 6) is 0.812. The average molecular weight is 1330 g/mol. The quantitative estimate of drug-likeness (QED) is 0.0222. The van der Waals surface area contributed by atoms with E-state index in [0.717, 1.165) is 108 Å². The summed E-state index contributed by atoms with van der Waals surface area (Å²) in [4.78, 5) is 72.5. The summed E-state index contributed by atoms with van der Waals surface area (Å²) in [6.45, 7) is 14.0. The molecule has 19 heteroatoms. The molecule has 0 heterocycles. The molecule has 0 aliphatic heterocycles. The third kappa shape index (κ3) is 64.8. The molecule has 0 saturated carbocycles. The van der Waals surface area contributed by atoms with E-state index in [1.165, 1.54) is 148 Å². The van der Waals surface area contributed by atoms with Gasteiger partial charge in [-0.05, 0) is 49.4 Å². The van der Waals surface area contributed by atoms with Gasteiger partial charge in [-0.1, -0.05) is 299 Å². The van der Waals surface area contributed by atoms with Crippen LogP contribution in [0.15, 0.2) is 0 Å². The summed E-state index contributed by atoms with van der Waals surface area (Å²) in [5.41, 5.74) is 0. The van der Waals surface area contributed by atoms with Crippen LogP contribution in [0.1, 0.15) is 351 Å². The van der Waals surface area contributed by atoms with Gasteiger partial charge in [0.2, 0.25) is 0 Å². The number of phosphoric acid groups is 2. The zero-order valence-electron chi connectivity index (χ0n) is 58.8. The van der Waals surface area contributed by atoms with E-state index >= 15 is 0 Å². The number of hydrogen-bond acceptors (Lipinski definition) is 15. The van der Waals surface area contributed by atoms with Crippen LogP contribution in [0, 0.1) is 23.7 Å². The normalized spacial score (nSPS) is 14.3. The van der Waals surface area contributed by atoms with Gasteiger partial charge in [-0.3, -0.25) is 37.3 Å². The van der Waals surface area contributed by atoms with Crippen LogP contribution in [0.5, 0.6) is 0 Å². The first-order valence-corrected chi connectivity index (χ1v) is 39.7. The second-order valence-corrected chi connectivity index (χ2v) is 30.4. The molecule has 0 aromatic carbocycles. The van der Waals surface area contributed by atoms with Crippen LogP contribution in [0.3, 0.4) is 0 Å². The van der Waals surface area contributed by atoms with Crippen molar-refractivity contribution in [1.29, 1.82) is 0 Å². The second-order valence-electron chi connectivity index (χ2n) is 27.5. The van der Waals surface area contributed by atoms with Gasteiger partial charge < -0.3 is 33.8 Å². The zero-order chi connectivity index (χ0) is 66.8.